The molecule has 1 saturated carbocycles. The van der Waals surface area contributed by atoms with Crippen LogP contribution in [-0.2, 0) is 6.54 Å². The van der Waals surface area contributed by atoms with Gasteiger partial charge in [-0.05, 0) is 31.2 Å². The molecule has 1 amide bonds. The summed E-state index contributed by atoms with van der Waals surface area (Å²) in [5.41, 5.74) is 8.03. The van der Waals surface area contributed by atoms with Crippen molar-refractivity contribution >= 4 is 17.1 Å². The Hall–Kier alpha value is -1.95. The molecule has 3 N–H and O–H groups in total. The molecule has 0 aromatic carbocycles. The summed E-state index contributed by atoms with van der Waals surface area (Å²) in [6, 6.07) is 2.19. The maximum atomic E-state index is 12.3. The summed E-state index contributed by atoms with van der Waals surface area (Å²) < 4.78 is 2.03. The van der Waals surface area contributed by atoms with Crippen LogP contribution in [0.3, 0.4) is 0 Å². The fourth-order valence-corrected chi connectivity index (χ4v) is 3.02. The van der Waals surface area contributed by atoms with Crippen LogP contribution < -0.4 is 11.1 Å². The number of hydrogen-bond acceptors (Lipinski definition) is 4. The highest BCUT2D eigenvalue weighted by Crippen LogP contribution is 2.18. The molecule has 0 bridgehead atoms. The van der Waals surface area contributed by atoms with Gasteiger partial charge >= 0.3 is 0 Å². The van der Waals surface area contributed by atoms with E-state index < -0.39 is 0 Å². The average Bonchev–Trinajstić information content (AvgIpc) is 3.05. The highest BCUT2D eigenvalue weighted by Gasteiger charge is 2.23. The second-order valence-corrected chi connectivity index (χ2v) is 6.60. The van der Waals surface area contributed by atoms with Gasteiger partial charge in [0.05, 0.1) is 11.9 Å². The fraction of sp³-hybridized carbons (Fsp3) is 0.562. The van der Waals surface area contributed by atoms with Crippen LogP contribution in [0.5, 0.6) is 0 Å². The van der Waals surface area contributed by atoms with Gasteiger partial charge in [0.25, 0.3) is 5.91 Å². The van der Waals surface area contributed by atoms with Gasteiger partial charge in [-0.1, -0.05) is 13.8 Å². The summed E-state index contributed by atoms with van der Waals surface area (Å²) in [4.78, 5) is 21.1. The minimum Gasteiger partial charge on any atom is -0.349 e. The van der Waals surface area contributed by atoms with Crippen molar-refractivity contribution in [2.24, 2.45) is 11.7 Å². The molecule has 2 heterocycles. The summed E-state index contributed by atoms with van der Waals surface area (Å²) in [7, 11) is 0. The zero-order valence-corrected chi connectivity index (χ0v) is 13.1. The smallest absolute Gasteiger partial charge is 0.253 e. The van der Waals surface area contributed by atoms with Crippen LogP contribution in [0.1, 0.15) is 43.5 Å². The van der Waals surface area contributed by atoms with Crippen LogP contribution >= 0.6 is 0 Å². The number of pyridine rings is 1. The highest BCUT2D eigenvalue weighted by molar-refractivity contribution is 5.96. The number of nitrogens with one attached hydrogen (secondary N) is 1. The predicted molar refractivity (Wildman–Crippen MR) is 85.4 cm³/mol. The molecule has 0 saturated heterocycles. The molecule has 6 nitrogen and oxygen atoms in total. The van der Waals surface area contributed by atoms with Crippen LogP contribution in [-0.4, -0.2) is 32.5 Å². The second kappa shape index (κ2) is 6.04. The summed E-state index contributed by atoms with van der Waals surface area (Å²) in [6.07, 6.45) is 6.19. The number of aromatic nitrogens is 3. The zero-order chi connectivity index (χ0) is 15.7. The van der Waals surface area contributed by atoms with Crippen molar-refractivity contribution in [2.75, 3.05) is 0 Å². The maximum absolute atomic E-state index is 12.3. The average molecular weight is 301 g/mol. The Bertz CT molecular complexity index is 678. The molecule has 118 valence electrons. The quantitative estimate of drug-likeness (QED) is 0.900. The minimum atomic E-state index is -0.0908. The van der Waals surface area contributed by atoms with Gasteiger partial charge in [0.15, 0.2) is 5.65 Å². The molecule has 2 aromatic heterocycles. The van der Waals surface area contributed by atoms with Gasteiger partial charge in [0, 0.05) is 24.8 Å². The molecule has 0 unspecified atom stereocenters. The van der Waals surface area contributed by atoms with E-state index in [2.05, 4.69) is 29.1 Å². The number of nitrogens with two attached hydrogens (primary N) is 1. The molecule has 1 aliphatic rings. The first-order chi connectivity index (χ1) is 10.5. The van der Waals surface area contributed by atoms with E-state index >= 15 is 0 Å². The number of carbonyl (C=O) groups is 1. The lowest BCUT2D eigenvalue weighted by Gasteiger charge is -2.12. The number of carbonyl (C=O) groups excluding carboxylic acids is 1. The van der Waals surface area contributed by atoms with E-state index in [1.807, 2.05) is 10.6 Å². The first kappa shape index (κ1) is 15.0. The van der Waals surface area contributed by atoms with E-state index in [0.29, 0.717) is 11.5 Å². The molecule has 3 rings (SSSR count). The predicted octanol–water partition coefficient (Wildman–Crippen LogP) is 1.70. The molecule has 1 aliphatic carbocycles. The molecular weight excluding hydrogens is 278 g/mol. The minimum absolute atomic E-state index is 0.0908. The van der Waals surface area contributed by atoms with Gasteiger partial charge in [-0.25, -0.2) is 9.97 Å². The third-order valence-corrected chi connectivity index (χ3v) is 4.09. The second-order valence-electron chi connectivity index (χ2n) is 6.60. The van der Waals surface area contributed by atoms with Gasteiger partial charge < -0.3 is 15.6 Å². The molecule has 1 fully saturated rings. The maximum Gasteiger partial charge on any atom is 0.253 e. The summed E-state index contributed by atoms with van der Waals surface area (Å²) in [5, 5.41) is 3.04. The van der Waals surface area contributed by atoms with Crippen molar-refractivity contribution in [1.29, 1.82) is 0 Å². The summed E-state index contributed by atoms with van der Waals surface area (Å²) in [6.45, 7) is 5.18. The Morgan fingerprint density at radius 1 is 1.45 bits per heavy atom. The largest absolute Gasteiger partial charge is 0.349 e. The summed E-state index contributed by atoms with van der Waals surface area (Å²) >= 11 is 0. The number of fused-ring (bicyclic) bond motifs is 1. The number of nitrogens with zero attached hydrogens (tertiary/aromatic N) is 3. The zero-order valence-electron chi connectivity index (χ0n) is 13.1. The Balaban J connectivity index is 1.75. The Kier molecular flexibility index (Phi) is 4.11. The number of imidazole rings is 1. The molecule has 22 heavy (non-hydrogen) atoms. The van der Waals surface area contributed by atoms with Crippen molar-refractivity contribution in [3.8, 4) is 0 Å². The summed E-state index contributed by atoms with van der Waals surface area (Å²) in [5.74, 6) is 0.431. The normalized spacial score (nSPS) is 21.6. The number of rotatable bonds is 4. The van der Waals surface area contributed by atoms with Crippen molar-refractivity contribution in [2.45, 2.75) is 51.7 Å². The molecule has 0 radical (unpaired) electrons. The topological polar surface area (TPSA) is 85.8 Å². The molecule has 2 atom stereocenters. The van der Waals surface area contributed by atoms with Gasteiger partial charge in [0.1, 0.15) is 5.52 Å². The van der Waals surface area contributed by atoms with E-state index in [4.69, 9.17) is 5.73 Å². The van der Waals surface area contributed by atoms with Gasteiger partial charge in [-0.3, -0.25) is 4.79 Å². The Morgan fingerprint density at radius 2 is 2.27 bits per heavy atom. The van der Waals surface area contributed by atoms with Gasteiger partial charge in [-0.15, -0.1) is 0 Å². The monoisotopic (exact) mass is 301 g/mol. The van der Waals surface area contributed by atoms with Crippen LogP contribution in [0.15, 0.2) is 18.6 Å². The van der Waals surface area contributed by atoms with E-state index in [9.17, 15) is 4.79 Å². The molecular formula is C16H23N5O. The van der Waals surface area contributed by atoms with E-state index in [0.717, 1.165) is 37.0 Å². The van der Waals surface area contributed by atoms with Crippen LogP contribution in [0.25, 0.3) is 11.2 Å². The molecule has 0 aliphatic heterocycles. The van der Waals surface area contributed by atoms with Crippen molar-refractivity contribution in [1.82, 2.24) is 19.9 Å². The van der Waals surface area contributed by atoms with Gasteiger partial charge in [0.2, 0.25) is 0 Å². The SMILES string of the molecule is CC(C)Cn1cnc2cc(C(=O)N[C@@H]3CC[C@H](N)C3)cnc21. The van der Waals surface area contributed by atoms with Gasteiger partial charge in [-0.2, -0.15) is 0 Å². The highest BCUT2D eigenvalue weighted by atomic mass is 16.1. The van der Waals surface area contributed by atoms with Crippen molar-refractivity contribution < 1.29 is 4.79 Å². The molecule has 2 aromatic rings. The lowest BCUT2D eigenvalue weighted by atomic mass is 10.2. The fourth-order valence-electron chi connectivity index (χ4n) is 3.02. The van der Waals surface area contributed by atoms with E-state index in [1.165, 1.54) is 0 Å². The lowest BCUT2D eigenvalue weighted by Crippen LogP contribution is -2.34. The van der Waals surface area contributed by atoms with Crippen LogP contribution in [0, 0.1) is 5.92 Å². The van der Waals surface area contributed by atoms with Crippen LogP contribution in [0.2, 0.25) is 0 Å². The lowest BCUT2D eigenvalue weighted by molar-refractivity contribution is 0.0937. The standard InChI is InChI=1S/C16H23N5O/c1-10(2)8-21-9-19-14-5-11(7-18-15(14)21)16(22)20-13-4-3-12(17)6-13/h5,7,9-10,12-13H,3-4,6,8,17H2,1-2H3,(H,20,22)/t12-,13+/m0/s1. The van der Waals surface area contributed by atoms with Crippen molar-refractivity contribution in [3.63, 3.8) is 0 Å². The number of amides is 1. The van der Waals surface area contributed by atoms with Crippen LogP contribution in [0.4, 0.5) is 0 Å². The third kappa shape index (κ3) is 3.11. The molecule has 0 spiro atoms. The van der Waals surface area contributed by atoms with E-state index in [-0.39, 0.29) is 18.0 Å². The first-order valence-corrected chi connectivity index (χ1v) is 7.90. The van der Waals surface area contributed by atoms with Crippen molar-refractivity contribution in [3.05, 3.63) is 24.2 Å². The molecule has 6 heteroatoms. The Morgan fingerprint density at radius 3 is 2.95 bits per heavy atom. The van der Waals surface area contributed by atoms with E-state index in [1.54, 1.807) is 12.5 Å². The first-order valence-electron chi connectivity index (χ1n) is 7.90. The number of hydrogen-bond donors (Lipinski definition) is 2. The Labute approximate surface area is 130 Å². The third-order valence-electron chi connectivity index (χ3n) is 4.09.